The third-order valence-electron chi connectivity index (χ3n) is 2.49. The van der Waals surface area contributed by atoms with Gasteiger partial charge in [0.25, 0.3) is 0 Å². The van der Waals surface area contributed by atoms with Gasteiger partial charge in [0.15, 0.2) is 0 Å². The first kappa shape index (κ1) is 11.4. The fraction of sp³-hybridized carbons (Fsp3) is 0.889. The van der Waals surface area contributed by atoms with E-state index in [1.807, 2.05) is 0 Å². The largest absolute Gasteiger partial charge is 0.395 e. The molecule has 5 nitrogen and oxygen atoms in total. The zero-order valence-corrected chi connectivity index (χ0v) is 8.65. The quantitative estimate of drug-likeness (QED) is 0.581. The molecule has 1 rings (SSSR count). The third kappa shape index (κ3) is 2.94. The van der Waals surface area contributed by atoms with Gasteiger partial charge in [-0.2, -0.15) is 0 Å². The van der Waals surface area contributed by atoms with E-state index in [1.165, 1.54) is 0 Å². The molecular weight excluding hydrogens is 182 g/mol. The Morgan fingerprint density at radius 2 is 2.00 bits per heavy atom. The number of hydrogen-bond donors (Lipinski definition) is 2. The fourth-order valence-corrected chi connectivity index (χ4v) is 1.62. The van der Waals surface area contributed by atoms with Crippen molar-refractivity contribution >= 4 is 5.91 Å². The number of hydrogen-bond acceptors (Lipinski definition) is 4. The van der Waals surface area contributed by atoms with Gasteiger partial charge >= 0.3 is 0 Å². The summed E-state index contributed by atoms with van der Waals surface area (Å²) in [6.07, 6.45) is 0. The van der Waals surface area contributed by atoms with Crippen LogP contribution >= 0.6 is 0 Å². The minimum absolute atomic E-state index is 0.0219. The molecule has 1 saturated heterocycles. The lowest BCUT2D eigenvalue weighted by Crippen LogP contribution is -2.52. The molecule has 1 atom stereocenters. The molecule has 0 unspecified atom stereocenters. The molecule has 0 radical (unpaired) electrons. The van der Waals surface area contributed by atoms with Crippen molar-refractivity contribution in [3.05, 3.63) is 0 Å². The van der Waals surface area contributed by atoms with Crippen LogP contribution in [0.2, 0.25) is 0 Å². The van der Waals surface area contributed by atoms with Gasteiger partial charge < -0.3 is 15.7 Å². The van der Waals surface area contributed by atoms with Crippen molar-refractivity contribution in [3.8, 4) is 0 Å². The molecule has 5 heteroatoms. The molecule has 0 saturated carbocycles. The number of β-amino-alcohol motifs (C(OH)–C–C–N with tert-alkyl or cyclic N) is 1. The summed E-state index contributed by atoms with van der Waals surface area (Å²) in [5.74, 6) is 0.0219. The van der Waals surface area contributed by atoms with Crippen molar-refractivity contribution in [1.82, 2.24) is 9.80 Å². The topological polar surface area (TPSA) is 69.8 Å². The minimum Gasteiger partial charge on any atom is -0.395 e. The van der Waals surface area contributed by atoms with Crippen LogP contribution in [0.3, 0.4) is 0 Å². The highest BCUT2D eigenvalue weighted by molar-refractivity contribution is 5.81. The van der Waals surface area contributed by atoms with Gasteiger partial charge in [0.1, 0.15) is 0 Å². The van der Waals surface area contributed by atoms with E-state index < -0.39 is 6.04 Å². The number of rotatable bonds is 3. The predicted octanol–water partition coefficient (Wildman–Crippen LogP) is -1.53. The molecule has 0 aromatic carbocycles. The molecule has 82 valence electrons. The molecule has 1 aliphatic rings. The van der Waals surface area contributed by atoms with E-state index >= 15 is 0 Å². The summed E-state index contributed by atoms with van der Waals surface area (Å²) in [7, 11) is 0. The number of aliphatic hydroxyl groups excluding tert-OH is 1. The lowest BCUT2D eigenvalue weighted by Gasteiger charge is -2.35. The lowest BCUT2D eigenvalue weighted by molar-refractivity contribution is -0.133. The summed E-state index contributed by atoms with van der Waals surface area (Å²) in [5, 5.41) is 8.74. The van der Waals surface area contributed by atoms with Gasteiger partial charge in [-0.15, -0.1) is 0 Å². The van der Waals surface area contributed by atoms with E-state index in [4.69, 9.17) is 10.8 Å². The van der Waals surface area contributed by atoms with E-state index in [9.17, 15) is 4.79 Å². The highest BCUT2D eigenvalue weighted by Crippen LogP contribution is 2.02. The highest BCUT2D eigenvalue weighted by Gasteiger charge is 2.22. The van der Waals surface area contributed by atoms with Crippen LogP contribution in [0.25, 0.3) is 0 Å². The summed E-state index contributed by atoms with van der Waals surface area (Å²) < 4.78 is 0. The SMILES string of the molecule is C[C@H](N)C(=O)N1CCN(CCO)CC1. The average molecular weight is 201 g/mol. The van der Waals surface area contributed by atoms with Crippen molar-refractivity contribution in [2.75, 3.05) is 39.3 Å². The standard InChI is InChI=1S/C9H19N3O2/c1-8(10)9(14)12-4-2-11(3-5-12)6-7-13/h8,13H,2-7,10H2,1H3/t8-/m0/s1. The van der Waals surface area contributed by atoms with E-state index in [-0.39, 0.29) is 12.5 Å². The molecule has 3 N–H and O–H groups in total. The van der Waals surface area contributed by atoms with Crippen molar-refractivity contribution in [3.63, 3.8) is 0 Å². The number of aliphatic hydroxyl groups is 1. The van der Waals surface area contributed by atoms with Gasteiger partial charge in [-0.05, 0) is 6.92 Å². The van der Waals surface area contributed by atoms with Crippen LogP contribution < -0.4 is 5.73 Å². The first-order chi connectivity index (χ1) is 6.65. The molecule has 0 aromatic heterocycles. The molecule has 0 bridgehead atoms. The van der Waals surface area contributed by atoms with Crippen LogP contribution in [0.15, 0.2) is 0 Å². The van der Waals surface area contributed by atoms with Crippen LogP contribution in [-0.2, 0) is 4.79 Å². The summed E-state index contributed by atoms with van der Waals surface area (Å²) >= 11 is 0. The Bertz CT molecular complexity index is 188. The van der Waals surface area contributed by atoms with Crippen LogP contribution in [0, 0.1) is 0 Å². The Labute approximate surface area is 84.5 Å². The van der Waals surface area contributed by atoms with Gasteiger partial charge in [0.05, 0.1) is 12.6 Å². The first-order valence-electron chi connectivity index (χ1n) is 5.02. The summed E-state index contributed by atoms with van der Waals surface area (Å²) in [5.41, 5.74) is 5.52. The van der Waals surface area contributed by atoms with Gasteiger partial charge in [-0.3, -0.25) is 9.69 Å². The van der Waals surface area contributed by atoms with Crippen LogP contribution in [0.4, 0.5) is 0 Å². The van der Waals surface area contributed by atoms with Gasteiger partial charge in [0.2, 0.25) is 5.91 Å². The minimum atomic E-state index is -0.403. The second-order valence-electron chi connectivity index (χ2n) is 3.68. The molecule has 1 heterocycles. The number of nitrogens with zero attached hydrogens (tertiary/aromatic N) is 2. The molecule has 0 aromatic rings. The molecule has 1 fully saturated rings. The highest BCUT2D eigenvalue weighted by atomic mass is 16.3. The van der Waals surface area contributed by atoms with Crippen LogP contribution in [0.1, 0.15) is 6.92 Å². The average Bonchev–Trinajstić information content (AvgIpc) is 2.18. The second-order valence-corrected chi connectivity index (χ2v) is 3.68. The fourth-order valence-electron chi connectivity index (χ4n) is 1.62. The summed E-state index contributed by atoms with van der Waals surface area (Å²) in [4.78, 5) is 15.4. The third-order valence-corrected chi connectivity index (χ3v) is 2.49. The van der Waals surface area contributed by atoms with Crippen molar-refractivity contribution in [2.24, 2.45) is 5.73 Å². The normalized spacial score (nSPS) is 20.9. The van der Waals surface area contributed by atoms with E-state index in [0.717, 1.165) is 26.2 Å². The van der Waals surface area contributed by atoms with E-state index in [1.54, 1.807) is 11.8 Å². The number of carbonyl (C=O) groups is 1. The van der Waals surface area contributed by atoms with E-state index in [2.05, 4.69) is 4.90 Å². The number of piperazine rings is 1. The van der Waals surface area contributed by atoms with Crippen LogP contribution in [0.5, 0.6) is 0 Å². The van der Waals surface area contributed by atoms with E-state index in [0.29, 0.717) is 6.54 Å². The summed E-state index contributed by atoms with van der Waals surface area (Å²) in [6, 6.07) is -0.403. The second kappa shape index (κ2) is 5.29. The summed E-state index contributed by atoms with van der Waals surface area (Å²) in [6.45, 7) is 5.70. The Morgan fingerprint density at radius 3 is 2.43 bits per heavy atom. The molecule has 1 aliphatic heterocycles. The van der Waals surface area contributed by atoms with Gasteiger partial charge in [0, 0.05) is 32.7 Å². The van der Waals surface area contributed by atoms with Crippen molar-refractivity contribution in [2.45, 2.75) is 13.0 Å². The Balaban J connectivity index is 2.32. The zero-order chi connectivity index (χ0) is 10.6. The van der Waals surface area contributed by atoms with Crippen molar-refractivity contribution < 1.29 is 9.90 Å². The van der Waals surface area contributed by atoms with Gasteiger partial charge in [-0.25, -0.2) is 0 Å². The lowest BCUT2D eigenvalue weighted by atomic mass is 10.2. The zero-order valence-electron chi connectivity index (χ0n) is 8.65. The molecule has 14 heavy (non-hydrogen) atoms. The number of nitrogens with two attached hydrogens (primary N) is 1. The molecule has 0 aliphatic carbocycles. The predicted molar refractivity (Wildman–Crippen MR) is 53.8 cm³/mol. The van der Waals surface area contributed by atoms with Crippen molar-refractivity contribution in [1.29, 1.82) is 0 Å². The number of amides is 1. The smallest absolute Gasteiger partial charge is 0.239 e. The maximum Gasteiger partial charge on any atom is 0.239 e. The van der Waals surface area contributed by atoms with Gasteiger partial charge in [-0.1, -0.05) is 0 Å². The maximum absolute atomic E-state index is 11.5. The molecule has 1 amide bonds. The monoisotopic (exact) mass is 201 g/mol. The molecule has 0 spiro atoms. The Kier molecular flexibility index (Phi) is 4.31. The Morgan fingerprint density at radius 1 is 1.43 bits per heavy atom. The first-order valence-corrected chi connectivity index (χ1v) is 5.02. The number of carbonyl (C=O) groups excluding carboxylic acids is 1. The molecular formula is C9H19N3O2. The Hall–Kier alpha value is -0.650. The maximum atomic E-state index is 11.5. The van der Waals surface area contributed by atoms with Crippen LogP contribution in [-0.4, -0.2) is 66.2 Å².